The van der Waals surface area contributed by atoms with Gasteiger partial charge in [0.2, 0.25) is 15.9 Å². The molecule has 0 atom stereocenters. The summed E-state index contributed by atoms with van der Waals surface area (Å²) < 4.78 is 26.5. The van der Waals surface area contributed by atoms with E-state index >= 15 is 0 Å². The predicted octanol–water partition coefficient (Wildman–Crippen LogP) is 2.41. The normalized spacial score (nSPS) is 11.4. The lowest BCUT2D eigenvalue weighted by atomic mass is 10.4. The van der Waals surface area contributed by atoms with Crippen LogP contribution in [0.1, 0.15) is 12.1 Å². The molecule has 0 fully saturated rings. The van der Waals surface area contributed by atoms with Crippen molar-refractivity contribution in [2.24, 2.45) is 0 Å². The molecule has 2 rings (SSSR count). The first kappa shape index (κ1) is 16.9. The molecule has 9 heteroatoms. The van der Waals surface area contributed by atoms with Crippen LogP contribution in [0, 0.1) is 6.92 Å². The van der Waals surface area contributed by atoms with Crippen molar-refractivity contribution in [2.45, 2.75) is 18.2 Å². The number of hydrogen-bond donors (Lipinski definition) is 2. The quantitative estimate of drug-likeness (QED) is 0.829. The summed E-state index contributed by atoms with van der Waals surface area (Å²) in [5.74, 6) is -0.309. The highest BCUT2D eigenvalue weighted by atomic mass is 35.5. The van der Waals surface area contributed by atoms with Gasteiger partial charge in [0.1, 0.15) is 4.90 Å². The number of thiazole rings is 1. The van der Waals surface area contributed by atoms with Crippen LogP contribution in [0.5, 0.6) is 0 Å². The summed E-state index contributed by atoms with van der Waals surface area (Å²) in [5, 5.41) is 5.06. The molecule has 0 spiro atoms. The molecule has 1 heterocycles. The number of carbonyl (C=O) groups is 1. The lowest BCUT2D eigenvalue weighted by molar-refractivity contribution is -0.116. The number of rotatable bonds is 6. The maximum atomic E-state index is 12.1. The van der Waals surface area contributed by atoms with Gasteiger partial charge in [0.15, 0.2) is 5.13 Å². The molecule has 0 radical (unpaired) electrons. The number of nitrogens with zero attached hydrogens (tertiary/aromatic N) is 1. The Hall–Kier alpha value is -1.48. The Balaban J connectivity index is 1.88. The number of benzene rings is 1. The third-order valence-electron chi connectivity index (χ3n) is 2.64. The molecule has 1 amide bonds. The van der Waals surface area contributed by atoms with Crippen molar-refractivity contribution in [3.63, 3.8) is 0 Å². The van der Waals surface area contributed by atoms with Crippen molar-refractivity contribution < 1.29 is 13.2 Å². The minimum Gasteiger partial charge on any atom is -0.302 e. The molecule has 1 aromatic carbocycles. The molecule has 6 nitrogen and oxygen atoms in total. The first-order chi connectivity index (χ1) is 10.4. The summed E-state index contributed by atoms with van der Waals surface area (Å²) in [5.41, 5.74) is 0.819. The molecule has 0 unspecified atom stereocenters. The number of aromatic nitrogens is 1. The highest BCUT2D eigenvalue weighted by Crippen LogP contribution is 2.20. The fourth-order valence-corrected chi connectivity index (χ4v) is 3.89. The molecular formula is C13H14ClN3O3S2. The Morgan fingerprint density at radius 3 is 2.73 bits per heavy atom. The van der Waals surface area contributed by atoms with E-state index in [-0.39, 0.29) is 28.8 Å². The smallest absolute Gasteiger partial charge is 0.242 e. The summed E-state index contributed by atoms with van der Waals surface area (Å²) >= 11 is 7.17. The van der Waals surface area contributed by atoms with Crippen molar-refractivity contribution in [3.05, 3.63) is 40.4 Å². The number of anilines is 1. The van der Waals surface area contributed by atoms with Gasteiger partial charge in [0.05, 0.1) is 10.7 Å². The first-order valence-electron chi connectivity index (χ1n) is 6.34. The minimum absolute atomic E-state index is 0.00229. The van der Waals surface area contributed by atoms with E-state index in [4.69, 9.17) is 11.6 Å². The Bertz CT molecular complexity index is 774. The lowest BCUT2D eigenvalue weighted by Gasteiger charge is -2.07. The van der Waals surface area contributed by atoms with E-state index in [1.165, 1.54) is 23.5 Å². The topological polar surface area (TPSA) is 88.2 Å². The Morgan fingerprint density at radius 1 is 1.36 bits per heavy atom. The summed E-state index contributed by atoms with van der Waals surface area (Å²) in [6.07, 6.45) is 0.00229. The van der Waals surface area contributed by atoms with E-state index < -0.39 is 10.0 Å². The van der Waals surface area contributed by atoms with Crippen molar-refractivity contribution >= 4 is 44.0 Å². The van der Waals surface area contributed by atoms with Gasteiger partial charge in [-0.05, 0) is 19.1 Å². The van der Waals surface area contributed by atoms with Crippen LogP contribution in [0.3, 0.4) is 0 Å². The van der Waals surface area contributed by atoms with Crippen LogP contribution in [0.4, 0.5) is 5.13 Å². The molecular weight excluding hydrogens is 346 g/mol. The molecule has 2 aromatic rings. The number of carbonyl (C=O) groups excluding carboxylic acids is 1. The molecule has 2 N–H and O–H groups in total. The molecule has 0 aliphatic rings. The van der Waals surface area contributed by atoms with Gasteiger partial charge in [-0.1, -0.05) is 23.7 Å². The van der Waals surface area contributed by atoms with Crippen LogP contribution in [0.15, 0.2) is 34.5 Å². The number of hydrogen-bond acceptors (Lipinski definition) is 5. The maximum absolute atomic E-state index is 12.1. The molecule has 0 bridgehead atoms. The van der Waals surface area contributed by atoms with Crippen LogP contribution in [0.25, 0.3) is 0 Å². The van der Waals surface area contributed by atoms with Gasteiger partial charge < -0.3 is 5.32 Å². The number of halogens is 1. The first-order valence-corrected chi connectivity index (χ1v) is 9.09. The summed E-state index contributed by atoms with van der Waals surface area (Å²) in [6.45, 7) is 1.80. The zero-order chi connectivity index (χ0) is 16.2. The van der Waals surface area contributed by atoms with Crippen LogP contribution >= 0.6 is 22.9 Å². The van der Waals surface area contributed by atoms with E-state index in [0.717, 1.165) is 5.69 Å². The van der Waals surface area contributed by atoms with Crippen molar-refractivity contribution in [2.75, 3.05) is 11.9 Å². The largest absolute Gasteiger partial charge is 0.302 e. The molecule has 118 valence electrons. The van der Waals surface area contributed by atoms with Gasteiger partial charge in [0.25, 0.3) is 0 Å². The molecule has 1 aromatic heterocycles. The number of aryl methyl sites for hydroxylation is 1. The second kappa shape index (κ2) is 7.19. The monoisotopic (exact) mass is 359 g/mol. The number of amides is 1. The average Bonchev–Trinajstić information content (AvgIpc) is 2.84. The fourth-order valence-electron chi connectivity index (χ4n) is 1.63. The zero-order valence-electron chi connectivity index (χ0n) is 11.7. The van der Waals surface area contributed by atoms with E-state index in [1.54, 1.807) is 12.1 Å². The SMILES string of the molecule is Cc1csc(NC(=O)CCNS(=O)(=O)c2ccccc2Cl)n1. The molecule has 22 heavy (non-hydrogen) atoms. The van der Waals surface area contributed by atoms with Crippen LogP contribution in [0.2, 0.25) is 5.02 Å². The van der Waals surface area contributed by atoms with Crippen molar-refractivity contribution in [3.8, 4) is 0 Å². The second-order valence-corrected chi connectivity index (χ2v) is 7.42. The summed E-state index contributed by atoms with van der Waals surface area (Å²) in [7, 11) is -3.73. The third-order valence-corrected chi connectivity index (χ3v) is 5.47. The van der Waals surface area contributed by atoms with Gasteiger partial charge >= 0.3 is 0 Å². The highest BCUT2D eigenvalue weighted by molar-refractivity contribution is 7.89. The number of sulfonamides is 1. The van der Waals surface area contributed by atoms with E-state index in [0.29, 0.717) is 5.13 Å². The van der Waals surface area contributed by atoms with E-state index in [1.807, 2.05) is 12.3 Å². The fraction of sp³-hybridized carbons (Fsp3) is 0.231. The predicted molar refractivity (Wildman–Crippen MR) is 86.7 cm³/mol. The Labute approximate surface area is 137 Å². The molecule has 0 saturated heterocycles. The van der Waals surface area contributed by atoms with Crippen LogP contribution < -0.4 is 10.0 Å². The highest BCUT2D eigenvalue weighted by Gasteiger charge is 2.17. The van der Waals surface area contributed by atoms with E-state index in [9.17, 15) is 13.2 Å². The molecule has 0 aliphatic carbocycles. The Kier molecular flexibility index (Phi) is 5.52. The van der Waals surface area contributed by atoms with Gasteiger partial charge in [0, 0.05) is 18.3 Å². The van der Waals surface area contributed by atoms with Crippen LogP contribution in [-0.4, -0.2) is 25.9 Å². The lowest BCUT2D eigenvalue weighted by Crippen LogP contribution is -2.28. The Morgan fingerprint density at radius 2 is 2.09 bits per heavy atom. The van der Waals surface area contributed by atoms with Gasteiger partial charge in [-0.25, -0.2) is 18.1 Å². The summed E-state index contributed by atoms with van der Waals surface area (Å²) in [6, 6.07) is 6.12. The minimum atomic E-state index is -3.73. The molecule has 0 aliphatic heterocycles. The summed E-state index contributed by atoms with van der Waals surface area (Å²) in [4.78, 5) is 15.8. The second-order valence-electron chi connectivity index (χ2n) is 4.42. The van der Waals surface area contributed by atoms with Crippen molar-refractivity contribution in [1.82, 2.24) is 9.71 Å². The van der Waals surface area contributed by atoms with E-state index in [2.05, 4.69) is 15.0 Å². The maximum Gasteiger partial charge on any atom is 0.242 e. The van der Waals surface area contributed by atoms with Gasteiger partial charge in [-0.3, -0.25) is 4.79 Å². The van der Waals surface area contributed by atoms with Gasteiger partial charge in [-0.2, -0.15) is 0 Å². The van der Waals surface area contributed by atoms with Crippen molar-refractivity contribution in [1.29, 1.82) is 0 Å². The zero-order valence-corrected chi connectivity index (χ0v) is 14.1. The van der Waals surface area contributed by atoms with Crippen LogP contribution in [-0.2, 0) is 14.8 Å². The average molecular weight is 360 g/mol. The standard InChI is InChI=1S/C13H14ClN3O3S2/c1-9-8-21-13(16-9)17-12(18)6-7-15-22(19,20)11-5-3-2-4-10(11)14/h2-5,8,15H,6-7H2,1H3,(H,16,17,18). The third kappa shape index (κ3) is 4.51. The van der Waals surface area contributed by atoms with Gasteiger partial charge in [-0.15, -0.1) is 11.3 Å². The molecule has 0 saturated carbocycles. The number of nitrogens with one attached hydrogen (secondary N) is 2.